The zero-order valence-corrected chi connectivity index (χ0v) is 14.5. The van der Waals surface area contributed by atoms with Crippen LogP contribution in [0.3, 0.4) is 0 Å². The number of hydrogen-bond acceptors (Lipinski definition) is 0. The van der Waals surface area contributed by atoms with Gasteiger partial charge in [0.25, 0.3) is 0 Å². The predicted molar refractivity (Wildman–Crippen MR) is 89.2 cm³/mol. The average molecular weight is 336 g/mol. The first-order valence-corrected chi connectivity index (χ1v) is 9.68. The Bertz CT molecular complexity index is 624. The minimum absolute atomic E-state index is 0.442. The summed E-state index contributed by atoms with van der Waals surface area (Å²) in [7, 11) is 0. The van der Waals surface area contributed by atoms with Gasteiger partial charge in [-0.1, -0.05) is 13.3 Å². The Hall–Kier alpha value is -0.990. The molecule has 5 atom stereocenters. The van der Waals surface area contributed by atoms with E-state index in [1.807, 2.05) is 0 Å². The molecule has 0 spiro atoms. The first-order chi connectivity index (χ1) is 11.5. The van der Waals surface area contributed by atoms with Gasteiger partial charge in [-0.3, -0.25) is 0 Å². The number of halogens is 3. The Morgan fingerprint density at radius 2 is 1.46 bits per heavy atom. The van der Waals surface area contributed by atoms with Crippen LogP contribution in [0, 0.1) is 47.0 Å². The fraction of sp³-hybridized carbons (Fsp3) is 0.714. The van der Waals surface area contributed by atoms with Crippen LogP contribution in [0.1, 0.15) is 63.0 Å². The van der Waals surface area contributed by atoms with Crippen LogP contribution in [-0.4, -0.2) is 0 Å². The lowest BCUT2D eigenvalue weighted by atomic mass is 9.61. The van der Waals surface area contributed by atoms with Crippen LogP contribution in [-0.2, 0) is 12.8 Å². The van der Waals surface area contributed by atoms with Gasteiger partial charge in [0.15, 0.2) is 17.5 Å². The van der Waals surface area contributed by atoms with Crippen molar-refractivity contribution >= 4 is 0 Å². The lowest BCUT2D eigenvalue weighted by Gasteiger charge is -2.44. The molecule has 4 rings (SSSR count). The molecule has 0 nitrogen and oxygen atoms in total. The summed E-state index contributed by atoms with van der Waals surface area (Å²) in [5.41, 5.74) is 1.13. The maximum Gasteiger partial charge on any atom is 0.194 e. The van der Waals surface area contributed by atoms with E-state index in [2.05, 4.69) is 6.92 Å². The van der Waals surface area contributed by atoms with E-state index < -0.39 is 17.5 Å². The molecule has 24 heavy (non-hydrogen) atoms. The van der Waals surface area contributed by atoms with Crippen molar-refractivity contribution < 1.29 is 13.2 Å². The van der Waals surface area contributed by atoms with E-state index in [1.54, 1.807) is 0 Å². The van der Waals surface area contributed by atoms with Gasteiger partial charge in [-0.2, -0.15) is 0 Å². The summed E-state index contributed by atoms with van der Waals surface area (Å²) in [6, 6.07) is 1.21. The van der Waals surface area contributed by atoms with E-state index in [9.17, 15) is 13.2 Å². The molecule has 1 aromatic rings. The molecule has 2 fully saturated rings. The predicted octanol–water partition coefficient (Wildman–Crippen LogP) is 6.06. The standard InChI is InChI=1S/C21H27F3/c1-12-2-3-14-9-15(5-4-13(14)8-12)16-6-7-17-11-19(22)21(24)20(23)18(17)10-16/h11-16H,2-10H2,1H3. The summed E-state index contributed by atoms with van der Waals surface area (Å²) in [5, 5.41) is 0. The van der Waals surface area contributed by atoms with E-state index in [1.165, 1.54) is 44.6 Å². The van der Waals surface area contributed by atoms with Crippen molar-refractivity contribution in [3.63, 3.8) is 0 Å². The second-order valence-electron chi connectivity index (χ2n) is 8.64. The Balaban J connectivity index is 1.48. The van der Waals surface area contributed by atoms with Gasteiger partial charge in [0, 0.05) is 0 Å². The first kappa shape index (κ1) is 16.5. The number of aryl methyl sites for hydroxylation is 1. The summed E-state index contributed by atoms with van der Waals surface area (Å²) in [6.07, 6.45) is 10.2. The van der Waals surface area contributed by atoms with Gasteiger partial charge >= 0.3 is 0 Å². The van der Waals surface area contributed by atoms with Crippen molar-refractivity contribution in [2.75, 3.05) is 0 Å². The van der Waals surface area contributed by atoms with E-state index in [4.69, 9.17) is 0 Å². The molecule has 0 amide bonds. The fourth-order valence-corrected chi connectivity index (χ4v) is 5.82. The van der Waals surface area contributed by atoms with Crippen molar-refractivity contribution in [2.45, 2.75) is 64.7 Å². The highest BCUT2D eigenvalue weighted by molar-refractivity contribution is 5.33. The van der Waals surface area contributed by atoms with Crippen molar-refractivity contribution in [3.8, 4) is 0 Å². The van der Waals surface area contributed by atoms with Gasteiger partial charge in [-0.15, -0.1) is 0 Å². The molecule has 0 N–H and O–H groups in total. The lowest BCUT2D eigenvalue weighted by Crippen LogP contribution is -2.34. The normalized spacial score (nSPS) is 36.1. The fourth-order valence-electron chi connectivity index (χ4n) is 5.82. The van der Waals surface area contributed by atoms with Crippen LogP contribution in [0.5, 0.6) is 0 Å². The van der Waals surface area contributed by atoms with Crippen LogP contribution >= 0.6 is 0 Å². The molecule has 5 unspecified atom stereocenters. The average Bonchev–Trinajstić information content (AvgIpc) is 2.59. The number of benzene rings is 1. The second kappa shape index (κ2) is 6.38. The largest absolute Gasteiger partial charge is 0.204 e. The zero-order valence-electron chi connectivity index (χ0n) is 14.5. The molecule has 0 aromatic heterocycles. The van der Waals surface area contributed by atoms with Crippen LogP contribution in [0.2, 0.25) is 0 Å². The van der Waals surface area contributed by atoms with Gasteiger partial charge in [0.2, 0.25) is 0 Å². The molecule has 0 radical (unpaired) electrons. The molecule has 0 heterocycles. The van der Waals surface area contributed by atoms with E-state index >= 15 is 0 Å². The minimum Gasteiger partial charge on any atom is -0.204 e. The van der Waals surface area contributed by atoms with Gasteiger partial charge < -0.3 is 0 Å². The molecule has 132 valence electrons. The van der Waals surface area contributed by atoms with Gasteiger partial charge in [-0.05, 0) is 98.1 Å². The third-order valence-corrected chi connectivity index (χ3v) is 7.19. The molecule has 0 aliphatic heterocycles. The van der Waals surface area contributed by atoms with Crippen molar-refractivity contribution in [1.29, 1.82) is 0 Å². The summed E-state index contributed by atoms with van der Waals surface area (Å²) >= 11 is 0. The minimum atomic E-state index is -1.29. The molecule has 0 saturated heterocycles. The summed E-state index contributed by atoms with van der Waals surface area (Å²) in [6.45, 7) is 2.37. The Morgan fingerprint density at radius 3 is 2.25 bits per heavy atom. The molecule has 3 aliphatic carbocycles. The highest BCUT2D eigenvalue weighted by Gasteiger charge is 2.38. The maximum atomic E-state index is 14.2. The number of rotatable bonds is 1. The maximum absolute atomic E-state index is 14.2. The summed E-state index contributed by atoms with van der Waals surface area (Å²) in [5.74, 6) is 0.421. The summed E-state index contributed by atoms with van der Waals surface area (Å²) < 4.78 is 41.2. The second-order valence-corrected chi connectivity index (χ2v) is 8.64. The smallest absolute Gasteiger partial charge is 0.194 e. The van der Waals surface area contributed by atoms with E-state index in [0.717, 1.165) is 24.2 Å². The highest BCUT2D eigenvalue weighted by Crippen LogP contribution is 2.48. The molecule has 2 saturated carbocycles. The lowest BCUT2D eigenvalue weighted by molar-refractivity contribution is 0.0753. The highest BCUT2D eigenvalue weighted by atomic mass is 19.2. The molecular weight excluding hydrogens is 309 g/mol. The Morgan fingerprint density at radius 1 is 0.792 bits per heavy atom. The van der Waals surface area contributed by atoms with Gasteiger partial charge in [0.05, 0.1) is 0 Å². The van der Waals surface area contributed by atoms with Crippen LogP contribution < -0.4 is 0 Å². The third kappa shape index (κ3) is 2.88. The molecule has 1 aromatic carbocycles. The monoisotopic (exact) mass is 336 g/mol. The van der Waals surface area contributed by atoms with Gasteiger partial charge in [0.1, 0.15) is 0 Å². The Kier molecular flexibility index (Phi) is 4.38. The van der Waals surface area contributed by atoms with Crippen molar-refractivity contribution in [3.05, 3.63) is 34.6 Å². The topological polar surface area (TPSA) is 0 Å². The van der Waals surface area contributed by atoms with E-state index in [0.29, 0.717) is 35.8 Å². The quantitative estimate of drug-likeness (QED) is 0.547. The van der Waals surface area contributed by atoms with Crippen LogP contribution in [0.25, 0.3) is 0 Å². The van der Waals surface area contributed by atoms with Crippen LogP contribution in [0.15, 0.2) is 6.07 Å². The molecule has 3 aliphatic rings. The van der Waals surface area contributed by atoms with Crippen LogP contribution in [0.4, 0.5) is 13.2 Å². The number of fused-ring (bicyclic) bond motifs is 2. The Labute approximate surface area is 142 Å². The molecule has 0 bridgehead atoms. The number of hydrogen-bond donors (Lipinski definition) is 0. The van der Waals surface area contributed by atoms with E-state index in [-0.39, 0.29) is 0 Å². The van der Waals surface area contributed by atoms with Gasteiger partial charge in [-0.25, -0.2) is 13.2 Å². The zero-order chi connectivity index (χ0) is 16.8. The molecular formula is C21H27F3. The van der Waals surface area contributed by atoms with Crippen molar-refractivity contribution in [2.24, 2.45) is 29.6 Å². The molecule has 3 heteroatoms. The SMILES string of the molecule is CC1CCC2CC(C3CCc4cc(F)c(F)c(F)c4C3)CCC2C1. The third-order valence-electron chi connectivity index (χ3n) is 7.19. The van der Waals surface area contributed by atoms with Crippen molar-refractivity contribution in [1.82, 2.24) is 0 Å². The first-order valence-electron chi connectivity index (χ1n) is 9.68. The summed E-state index contributed by atoms with van der Waals surface area (Å²) in [4.78, 5) is 0.